The maximum atomic E-state index is 11.0. The summed E-state index contributed by atoms with van der Waals surface area (Å²) in [6.45, 7) is 4.29. The predicted octanol–water partition coefficient (Wildman–Crippen LogP) is 0.186. The van der Waals surface area contributed by atoms with Gasteiger partial charge in [-0.25, -0.2) is 16.1 Å². The van der Waals surface area contributed by atoms with E-state index in [1.165, 1.54) is 0 Å². The molecule has 2 rings (SSSR count). The number of nitrogens with one attached hydrogen (secondary N) is 1. The normalized spacial score (nSPS) is 29.4. The fourth-order valence-corrected chi connectivity index (χ4v) is 1.53. The molecule has 1 atom stereocenters. The first-order chi connectivity index (χ1) is 7.54. The van der Waals surface area contributed by atoms with E-state index in [0.29, 0.717) is 12.1 Å². The number of nitrogens with zero attached hydrogens (tertiary/aromatic N) is 3. The molecule has 1 unspecified atom stereocenters. The molecule has 2 aliphatic rings. The molecule has 3 N–H and O–H groups in total. The van der Waals surface area contributed by atoms with E-state index < -0.39 is 6.03 Å². The van der Waals surface area contributed by atoms with Crippen LogP contribution in [0.2, 0.25) is 0 Å². The highest BCUT2D eigenvalue weighted by molar-refractivity contribution is 6.44. The van der Waals surface area contributed by atoms with E-state index in [-0.39, 0.29) is 12.1 Å². The van der Waals surface area contributed by atoms with E-state index in [9.17, 15) is 4.79 Å². The van der Waals surface area contributed by atoms with Crippen LogP contribution in [0.5, 0.6) is 0 Å². The fourth-order valence-electron chi connectivity index (χ4n) is 1.53. The quantitative estimate of drug-likeness (QED) is 0.519. The minimum atomic E-state index is -0.415. The lowest BCUT2D eigenvalue weighted by atomic mass is 9.95. The SMILES string of the molecule is CCC1(C)CC(C2=NNC(=O)N(N)C2)=NO1. The summed E-state index contributed by atoms with van der Waals surface area (Å²) in [4.78, 5) is 16.4. The van der Waals surface area contributed by atoms with Crippen molar-refractivity contribution in [1.29, 1.82) is 0 Å². The molecule has 7 heteroatoms. The molecule has 0 saturated heterocycles. The Labute approximate surface area is 93.3 Å². The molecular weight excluding hydrogens is 210 g/mol. The number of amides is 2. The number of hydrogen-bond acceptors (Lipinski definition) is 5. The van der Waals surface area contributed by atoms with Crippen molar-refractivity contribution in [3.8, 4) is 0 Å². The van der Waals surface area contributed by atoms with Gasteiger partial charge < -0.3 is 4.84 Å². The van der Waals surface area contributed by atoms with Gasteiger partial charge in [-0.1, -0.05) is 12.1 Å². The molecule has 0 aromatic heterocycles. The molecule has 0 fully saturated rings. The average Bonchev–Trinajstić information content (AvgIpc) is 2.66. The number of oxime groups is 1. The minimum Gasteiger partial charge on any atom is -0.389 e. The van der Waals surface area contributed by atoms with Crippen LogP contribution in [0.1, 0.15) is 26.7 Å². The molecule has 2 aliphatic heterocycles. The summed E-state index contributed by atoms with van der Waals surface area (Å²) in [6.07, 6.45) is 1.55. The van der Waals surface area contributed by atoms with Crippen molar-refractivity contribution in [2.75, 3.05) is 6.54 Å². The zero-order valence-corrected chi connectivity index (χ0v) is 9.36. The number of hydrazone groups is 1. The van der Waals surface area contributed by atoms with Crippen LogP contribution in [0.25, 0.3) is 0 Å². The van der Waals surface area contributed by atoms with Crippen molar-refractivity contribution in [2.45, 2.75) is 32.3 Å². The summed E-state index contributed by atoms with van der Waals surface area (Å²) >= 11 is 0. The Bertz CT molecular complexity index is 378. The van der Waals surface area contributed by atoms with Crippen molar-refractivity contribution in [3.63, 3.8) is 0 Å². The van der Waals surface area contributed by atoms with Gasteiger partial charge in [-0.3, -0.25) is 5.01 Å². The zero-order chi connectivity index (χ0) is 11.8. The standard InChI is InChI=1S/C9H15N5O2/c1-3-9(2)4-6(13-16-9)7-5-14(10)8(15)12-11-7/h3-5,10H2,1-2H3,(H,12,15). The molecule has 7 nitrogen and oxygen atoms in total. The van der Waals surface area contributed by atoms with E-state index >= 15 is 0 Å². The van der Waals surface area contributed by atoms with Gasteiger partial charge in [0.05, 0.1) is 6.54 Å². The van der Waals surface area contributed by atoms with Crippen molar-refractivity contribution >= 4 is 17.5 Å². The van der Waals surface area contributed by atoms with Crippen LogP contribution >= 0.6 is 0 Å². The first-order valence-corrected chi connectivity index (χ1v) is 5.18. The fraction of sp³-hybridized carbons (Fsp3) is 0.667. The highest BCUT2D eigenvalue weighted by atomic mass is 16.7. The highest BCUT2D eigenvalue weighted by Gasteiger charge is 2.35. The molecule has 16 heavy (non-hydrogen) atoms. The molecule has 0 radical (unpaired) electrons. The molecule has 88 valence electrons. The Kier molecular flexibility index (Phi) is 2.55. The molecule has 0 aromatic rings. The second-order valence-electron chi connectivity index (χ2n) is 4.21. The summed E-state index contributed by atoms with van der Waals surface area (Å²) in [7, 11) is 0. The summed E-state index contributed by atoms with van der Waals surface area (Å²) in [5, 5.41) is 8.98. The van der Waals surface area contributed by atoms with Gasteiger partial charge in [0, 0.05) is 6.42 Å². The first kappa shape index (κ1) is 10.9. The highest BCUT2D eigenvalue weighted by Crippen LogP contribution is 2.27. The Morgan fingerprint density at radius 2 is 2.38 bits per heavy atom. The number of hydrazine groups is 1. The van der Waals surface area contributed by atoms with Gasteiger partial charge in [0.25, 0.3) is 0 Å². The molecule has 0 spiro atoms. The second kappa shape index (κ2) is 3.75. The van der Waals surface area contributed by atoms with Gasteiger partial charge in [0.15, 0.2) is 0 Å². The Morgan fingerprint density at radius 1 is 1.62 bits per heavy atom. The van der Waals surface area contributed by atoms with Crippen LogP contribution in [0.4, 0.5) is 4.79 Å². The van der Waals surface area contributed by atoms with E-state index in [1.54, 1.807) is 0 Å². The second-order valence-corrected chi connectivity index (χ2v) is 4.21. The minimum absolute atomic E-state index is 0.258. The van der Waals surface area contributed by atoms with Crippen LogP contribution in [0, 0.1) is 0 Å². The first-order valence-electron chi connectivity index (χ1n) is 5.18. The third kappa shape index (κ3) is 1.85. The number of nitrogens with two attached hydrogens (primary N) is 1. The third-order valence-corrected chi connectivity index (χ3v) is 2.87. The number of carbonyl (C=O) groups is 1. The average molecular weight is 225 g/mol. The van der Waals surface area contributed by atoms with Gasteiger partial charge in [0.1, 0.15) is 17.0 Å². The van der Waals surface area contributed by atoms with E-state index in [1.807, 2.05) is 13.8 Å². The molecule has 0 aliphatic carbocycles. The predicted molar refractivity (Wildman–Crippen MR) is 58.7 cm³/mol. The number of hydrogen-bond donors (Lipinski definition) is 2. The van der Waals surface area contributed by atoms with Crippen molar-refractivity contribution in [2.24, 2.45) is 16.1 Å². The summed E-state index contributed by atoms with van der Waals surface area (Å²) in [6, 6.07) is -0.415. The Balaban J connectivity index is 2.08. The Hall–Kier alpha value is -1.63. The van der Waals surface area contributed by atoms with Crippen molar-refractivity contribution < 1.29 is 9.63 Å². The van der Waals surface area contributed by atoms with Crippen molar-refractivity contribution in [1.82, 2.24) is 10.4 Å². The molecule has 0 bridgehead atoms. The number of rotatable bonds is 2. The number of carbonyl (C=O) groups excluding carboxylic acids is 1. The molecule has 2 heterocycles. The molecular formula is C9H15N5O2. The van der Waals surface area contributed by atoms with E-state index in [2.05, 4.69) is 15.7 Å². The lowest BCUT2D eigenvalue weighted by Crippen LogP contribution is -2.51. The lowest BCUT2D eigenvalue weighted by Gasteiger charge is -2.22. The van der Waals surface area contributed by atoms with E-state index in [4.69, 9.17) is 10.7 Å². The summed E-state index contributed by atoms with van der Waals surface area (Å²) < 4.78 is 0. The maximum absolute atomic E-state index is 11.0. The van der Waals surface area contributed by atoms with Gasteiger partial charge in [-0.15, -0.1) is 0 Å². The smallest absolute Gasteiger partial charge is 0.352 e. The molecule has 2 amide bonds. The largest absolute Gasteiger partial charge is 0.389 e. The van der Waals surface area contributed by atoms with Crippen LogP contribution in [0.15, 0.2) is 10.3 Å². The monoisotopic (exact) mass is 225 g/mol. The lowest BCUT2D eigenvalue weighted by molar-refractivity contribution is -0.00605. The number of urea groups is 1. The van der Waals surface area contributed by atoms with Crippen LogP contribution < -0.4 is 11.3 Å². The maximum Gasteiger partial charge on any atom is 0.352 e. The van der Waals surface area contributed by atoms with Gasteiger partial charge in [-0.2, -0.15) is 5.10 Å². The topological polar surface area (TPSA) is 92.3 Å². The van der Waals surface area contributed by atoms with Gasteiger partial charge in [0.2, 0.25) is 0 Å². The van der Waals surface area contributed by atoms with Crippen LogP contribution in [-0.4, -0.2) is 34.6 Å². The third-order valence-electron chi connectivity index (χ3n) is 2.87. The van der Waals surface area contributed by atoms with Crippen molar-refractivity contribution in [3.05, 3.63) is 0 Å². The van der Waals surface area contributed by atoms with Crippen LogP contribution in [-0.2, 0) is 4.84 Å². The van der Waals surface area contributed by atoms with Crippen LogP contribution in [0.3, 0.4) is 0 Å². The van der Waals surface area contributed by atoms with E-state index in [0.717, 1.165) is 17.1 Å². The summed E-state index contributed by atoms with van der Waals surface area (Å²) in [5.74, 6) is 5.48. The Morgan fingerprint density at radius 3 is 2.94 bits per heavy atom. The van der Waals surface area contributed by atoms with Gasteiger partial charge >= 0.3 is 6.03 Å². The zero-order valence-electron chi connectivity index (χ0n) is 9.36. The molecule has 0 aromatic carbocycles. The molecule has 0 saturated carbocycles. The van der Waals surface area contributed by atoms with Gasteiger partial charge in [-0.05, 0) is 13.3 Å². The summed E-state index contributed by atoms with van der Waals surface area (Å²) in [5.41, 5.74) is 3.45.